The minimum Gasteiger partial charge on any atom is -0.378 e. The maximum absolute atomic E-state index is 12.7. The van der Waals surface area contributed by atoms with Gasteiger partial charge in [-0.05, 0) is 20.3 Å². The number of nitrogens with one attached hydrogen (secondary N) is 1. The Balaban J connectivity index is 1.97. The molecular weight excluding hydrogens is 328 g/mol. The Morgan fingerprint density at radius 2 is 1.96 bits per heavy atom. The van der Waals surface area contributed by atoms with Crippen molar-refractivity contribution in [2.45, 2.75) is 33.2 Å². The van der Waals surface area contributed by atoms with Gasteiger partial charge in [0.2, 0.25) is 0 Å². The van der Waals surface area contributed by atoms with E-state index in [2.05, 4.69) is 15.2 Å². The largest absolute Gasteiger partial charge is 0.378 e. The predicted molar refractivity (Wildman–Crippen MR) is 102 cm³/mol. The van der Waals surface area contributed by atoms with Crippen LogP contribution in [0.1, 0.15) is 36.2 Å². The van der Waals surface area contributed by atoms with E-state index in [1.54, 1.807) is 6.20 Å². The lowest BCUT2D eigenvalue weighted by atomic mass is 10.1. The van der Waals surface area contributed by atoms with Crippen LogP contribution in [0.3, 0.4) is 0 Å². The van der Waals surface area contributed by atoms with Gasteiger partial charge in [0.15, 0.2) is 5.82 Å². The molecule has 1 fully saturated rings. The van der Waals surface area contributed by atoms with Crippen LogP contribution in [-0.2, 0) is 4.74 Å². The quantitative estimate of drug-likeness (QED) is 0.894. The van der Waals surface area contributed by atoms with E-state index in [1.165, 1.54) is 5.56 Å². The smallest absolute Gasteiger partial charge is 0.256 e. The normalized spacial score (nSPS) is 15.6. The van der Waals surface area contributed by atoms with Gasteiger partial charge in [-0.25, -0.2) is 9.97 Å². The van der Waals surface area contributed by atoms with Gasteiger partial charge in [-0.3, -0.25) is 4.79 Å². The first-order chi connectivity index (χ1) is 12.6. The van der Waals surface area contributed by atoms with Gasteiger partial charge in [-0.2, -0.15) is 0 Å². The van der Waals surface area contributed by atoms with Gasteiger partial charge in [0.25, 0.3) is 5.91 Å². The highest BCUT2D eigenvalue weighted by atomic mass is 16.5. The summed E-state index contributed by atoms with van der Waals surface area (Å²) in [5.41, 5.74) is 2.65. The second kappa shape index (κ2) is 8.27. The number of aryl methyl sites for hydroxylation is 1. The van der Waals surface area contributed by atoms with E-state index in [0.29, 0.717) is 43.5 Å². The van der Waals surface area contributed by atoms with E-state index in [4.69, 9.17) is 9.72 Å². The summed E-state index contributed by atoms with van der Waals surface area (Å²) in [4.78, 5) is 24.0. The minimum absolute atomic E-state index is 0.108. The van der Waals surface area contributed by atoms with E-state index in [9.17, 15) is 4.79 Å². The lowest BCUT2D eigenvalue weighted by Gasteiger charge is -2.29. The number of rotatable bonds is 5. The molecule has 0 unspecified atom stereocenters. The second-order valence-electron chi connectivity index (χ2n) is 6.68. The number of ether oxygens (including phenoxy) is 1. The fourth-order valence-electron chi connectivity index (χ4n) is 2.79. The van der Waals surface area contributed by atoms with Crippen molar-refractivity contribution in [2.24, 2.45) is 0 Å². The molecule has 1 N–H and O–H groups in total. The van der Waals surface area contributed by atoms with Crippen molar-refractivity contribution in [2.75, 3.05) is 31.2 Å². The lowest BCUT2D eigenvalue weighted by molar-refractivity contribution is 0.0937. The first-order valence-corrected chi connectivity index (χ1v) is 9.16. The van der Waals surface area contributed by atoms with Gasteiger partial charge >= 0.3 is 0 Å². The number of benzene rings is 1. The van der Waals surface area contributed by atoms with Gasteiger partial charge < -0.3 is 15.0 Å². The zero-order valence-corrected chi connectivity index (χ0v) is 15.7. The zero-order valence-electron chi connectivity index (χ0n) is 15.7. The number of carbonyl (C=O) groups excluding carboxylic acids is 1. The fourth-order valence-corrected chi connectivity index (χ4v) is 2.79. The standard InChI is InChI=1S/C20H26N4O2/c1-4-15(3)22-20(25)17-13-21-18(16-7-5-14(2)6-8-16)23-19(17)24-9-11-26-12-10-24/h5-8,13,15H,4,9-12H2,1-3H3,(H,22,25)/t15-/m1/s1. The third-order valence-corrected chi connectivity index (χ3v) is 4.62. The lowest BCUT2D eigenvalue weighted by Crippen LogP contribution is -2.39. The third-order valence-electron chi connectivity index (χ3n) is 4.62. The number of anilines is 1. The SMILES string of the molecule is CC[C@@H](C)NC(=O)c1cnc(-c2ccc(C)cc2)nc1N1CCOCC1. The van der Waals surface area contributed by atoms with Crippen LogP contribution in [0.4, 0.5) is 5.82 Å². The highest BCUT2D eigenvalue weighted by Gasteiger charge is 2.22. The van der Waals surface area contributed by atoms with Crippen molar-refractivity contribution in [1.29, 1.82) is 0 Å². The highest BCUT2D eigenvalue weighted by Crippen LogP contribution is 2.23. The molecule has 1 aliphatic rings. The van der Waals surface area contributed by atoms with Crippen LogP contribution in [0.5, 0.6) is 0 Å². The van der Waals surface area contributed by atoms with Gasteiger partial charge in [0.05, 0.1) is 13.2 Å². The molecular formula is C20H26N4O2. The van der Waals surface area contributed by atoms with E-state index in [-0.39, 0.29) is 11.9 Å². The number of amides is 1. The Bertz CT molecular complexity index is 755. The van der Waals surface area contributed by atoms with Crippen molar-refractivity contribution in [3.05, 3.63) is 41.6 Å². The van der Waals surface area contributed by atoms with E-state index in [0.717, 1.165) is 12.0 Å². The van der Waals surface area contributed by atoms with E-state index < -0.39 is 0 Å². The molecule has 0 saturated carbocycles. The minimum atomic E-state index is -0.128. The molecule has 0 bridgehead atoms. The first kappa shape index (κ1) is 18.3. The number of nitrogens with zero attached hydrogens (tertiary/aromatic N) is 3. The molecule has 26 heavy (non-hydrogen) atoms. The fraction of sp³-hybridized carbons (Fsp3) is 0.450. The van der Waals surface area contributed by atoms with Gasteiger partial charge in [-0.1, -0.05) is 36.8 Å². The summed E-state index contributed by atoms with van der Waals surface area (Å²) in [7, 11) is 0. The molecule has 3 rings (SSSR count). The van der Waals surface area contributed by atoms with E-state index in [1.807, 2.05) is 45.0 Å². The molecule has 1 atom stereocenters. The Hall–Kier alpha value is -2.47. The number of morpholine rings is 1. The monoisotopic (exact) mass is 354 g/mol. The Kier molecular flexibility index (Phi) is 5.83. The average Bonchev–Trinajstić information content (AvgIpc) is 2.68. The summed E-state index contributed by atoms with van der Waals surface area (Å²) < 4.78 is 5.45. The maximum Gasteiger partial charge on any atom is 0.256 e. The Morgan fingerprint density at radius 1 is 1.27 bits per heavy atom. The van der Waals surface area contributed by atoms with Crippen molar-refractivity contribution in [3.63, 3.8) is 0 Å². The number of aromatic nitrogens is 2. The molecule has 6 nitrogen and oxygen atoms in total. The Labute approximate surface area is 154 Å². The molecule has 2 aromatic rings. The van der Waals surface area contributed by atoms with Crippen molar-refractivity contribution in [3.8, 4) is 11.4 Å². The van der Waals surface area contributed by atoms with Crippen LogP contribution in [0, 0.1) is 6.92 Å². The molecule has 138 valence electrons. The van der Waals surface area contributed by atoms with Gasteiger partial charge in [0, 0.05) is 30.9 Å². The van der Waals surface area contributed by atoms with Crippen molar-refractivity contribution < 1.29 is 9.53 Å². The molecule has 1 saturated heterocycles. The number of hydrogen-bond acceptors (Lipinski definition) is 5. The van der Waals surface area contributed by atoms with E-state index >= 15 is 0 Å². The summed E-state index contributed by atoms with van der Waals surface area (Å²) in [5.74, 6) is 1.18. The first-order valence-electron chi connectivity index (χ1n) is 9.16. The third kappa shape index (κ3) is 4.19. The molecule has 0 spiro atoms. The van der Waals surface area contributed by atoms with Crippen LogP contribution in [0.15, 0.2) is 30.5 Å². The van der Waals surface area contributed by atoms with Gasteiger partial charge in [-0.15, -0.1) is 0 Å². The zero-order chi connectivity index (χ0) is 18.5. The van der Waals surface area contributed by atoms with Crippen LogP contribution < -0.4 is 10.2 Å². The maximum atomic E-state index is 12.7. The van der Waals surface area contributed by atoms with Crippen LogP contribution in [-0.4, -0.2) is 48.2 Å². The second-order valence-corrected chi connectivity index (χ2v) is 6.68. The van der Waals surface area contributed by atoms with Gasteiger partial charge in [0.1, 0.15) is 11.4 Å². The molecule has 0 radical (unpaired) electrons. The highest BCUT2D eigenvalue weighted by molar-refractivity contribution is 5.99. The molecule has 1 aromatic heterocycles. The molecule has 2 heterocycles. The van der Waals surface area contributed by atoms with Crippen molar-refractivity contribution >= 4 is 11.7 Å². The molecule has 0 aliphatic carbocycles. The van der Waals surface area contributed by atoms with Crippen molar-refractivity contribution in [1.82, 2.24) is 15.3 Å². The summed E-state index contributed by atoms with van der Waals surface area (Å²) in [6.45, 7) is 8.79. The molecule has 1 aromatic carbocycles. The molecule has 1 aliphatic heterocycles. The number of carbonyl (C=O) groups is 1. The number of hydrogen-bond donors (Lipinski definition) is 1. The summed E-state index contributed by atoms with van der Waals surface area (Å²) >= 11 is 0. The van der Waals surface area contributed by atoms with Crippen LogP contribution >= 0.6 is 0 Å². The predicted octanol–water partition coefficient (Wildman–Crippen LogP) is 2.82. The topological polar surface area (TPSA) is 67.4 Å². The summed E-state index contributed by atoms with van der Waals surface area (Å²) in [5, 5.41) is 3.02. The van der Waals surface area contributed by atoms with Crippen LogP contribution in [0.2, 0.25) is 0 Å². The van der Waals surface area contributed by atoms with Crippen LogP contribution in [0.25, 0.3) is 11.4 Å². The molecule has 6 heteroatoms. The Morgan fingerprint density at radius 3 is 2.62 bits per heavy atom. The molecule has 1 amide bonds. The summed E-state index contributed by atoms with van der Waals surface area (Å²) in [6, 6.07) is 8.20. The average molecular weight is 354 g/mol. The summed E-state index contributed by atoms with van der Waals surface area (Å²) in [6.07, 6.45) is 2.52.